The molecule has 0 saturated carbocycles. The molecule has 0 aromatic carbocycles. The lowest BCUT2D eigenvalue weighted by Gasteiger charge is -2.11. The van der Waals surface area contributed by atoms with Crippen molar-refractivity contribution in [3.63, 3.8) is 0 Å². The van der Waals surface area contributed by atoms with Gasteiger partial charge in [0.05, 0.1) is 17.4 Å². The number of halogens is 1. The van der Waals surface area contributed by atoms with Gasteiger partial charge in [0.1, 0.15) is 6.54 Å². The zero-order valence-electron chi connectivity index (χ0n) is 9.23. The third kappa shape index (κ3) is 2.99. The smallest absolute Gasteiger partial charge is 0.325 e. The van der Waals surface area contributed by atoms with Crippen molar-refractivity contribution in [2.75, 3.05) is 13.1 Å². The highest BCUT2D eigenvalue weighted by Crippen LogP contribution is 2.20. The second-order valence-electron chi connectivity index (χ2n) is 3.62. The molecule has 6 nitrogen and oxygen atoms in total. The van der Waals surface area contributed by atoms with Gasteiger partial charge in [-0.1, -0.05) is 11.6 Å². The van der Waals surface area contributed by atoms with Crippen LogP contribution in [0.15, 0.2) is 12.1 Å². The molecular weight excluding hydrogens is 278 g/mol. The number of nitrogens with zero attached hydrogens (tertiary/aromatic N) is 1. The molecule has 4 amide bonds. The summed E-state index contributed by atoms with van der Waals surface area (Å²) in [6, 6.07) is 3.01. The van der Waals surface area contributed by atoms with E-state index in [0.29, 0.717) is 10.9 Å². The van der Waals surface area contributed by atoms with Crippen molar-refractivity contribution in [3.8, 4) is 0 Å². The van der Waals surface area contributed by atoms with E-state index in [4.69, 9.17) is 11.6 Å². The summed E-state index contributed by atoms with van der Waals surface area (Å²) in [6.45, 7) is 0.0241. The third-order valence-corrected chi connectivity index (χ3v) is 3.56. The number of hydrogen-bond acceptors (Lipinski definition) is 4. The molecule has 1 aliphatic heterocycles. The lowest BCUT2D eigenvalue weighted by atomic mass is 10.4. The zero-order chi connectivity index (χ0) is 13.1. The van der Waals surface area contributed by atoms with Gasteiger partial charge in [-0.2, -0.15) is 0 Å². The summed E-state index contributed by atoms with van der Waals surface area (Å²) in [7, 11) is 0. The summed E-state index contributed by atoms with van der Waals surface area (Å²) in [5, 5.41) is 4.96. The molecule has 1 aliphatic rings. The number of urea groups is 1. The summed E-state index contributed by atoms with van der Waals surface area (Å²) in [4.78, 5) is 35.8. The van der Waals surface area contributed by atoms with Crippen molar-refractivity contribution in [2.24, 2.45) is 0 Å². The molecule has 0 radical (unpaired) electrons. The quantitative estimate of drug-likeness (QED) is 0.795. The highest BCUT2D eigenvalue weighted by molar-refractivity contribution is 7.16. The number of carbonyl (C=O) groups excluding carboxylic acids is 3. The van der Waals surface area contributed by atoms with Gasteiger partial charge in [0.15, 0.2) is 0 Å². The van der Waals surface area contributed by atoms with E-state index in [1.54, 1.807) is 12.1 Å². The predicted octanol–water partition coefficient (Wildman–Crippen LogP) is 0.570. The maximum atomic E-state index is 11.6. The van der Waals surface area contributed by atoms with Gasteiger partial charge in [0.25, 0.3) is 5.91 Å². The van der Waals surface area contributed by atoms with Crippen LogP contribution in [0.5, 0.6) is 0 Å². The second-order valence-corrected chi connectivity index (χ2v) is 5.42. The molecule has 0 atom stereocenters. The Labute approximate surface area is 112 Å². The summed E-state index contributed by atoms with van der Waals surface area (Å²) < 4.78 is 0.647. The molecule has 18 heavy (non-hydrogen) atoms. The molecule has 1 aromatic heterocycles. The van der Waals surface area contributed by atoms with E-state index in [1.165, 1.54) is 11.3 Å². The van der Waals surface area contributed by atoms with E-state index in [-0.39, 0.29) is 19.0 Å². The molecule has 96 valence electrons. The van der Waals surface area contributed by atoms with Crippen molar-refractivity contribution in [3.05, 3.63) is 21.3 Å². The first-order valence-electron chi connectivity index (χ1n) is 5.15. The highest BCUT2D eigenvalue weighted by atomic mass is 35.5. The fourth-order valence-corrected chi connectivity index (χ4v) is 2.47. The Kier molecular flexibility index (Phi) is 3.83. The average molecular weight is 288 g/mol. The van der Waals surface area contributed by atoms with Gasteiger partial charge >= 0.3 is 6.03 Å². The molecule has 0 aliphatic carbocycles. The largest absolute Gasteiger partial charge is 0.350 e. The zero-order valence-corrected chi connectivity index (χ0v) is 10.8. The number of amides is 4. The molecule has 1 saturated heterocycles. The molecular formula is C10H10ClN3O3S. The van der Waals surface area contributed by atoms with Crippen molar-refractivity contribution in [1.82, 2.24) is 15.5 Å². The first-order chi connectivity index (χ1) is 8.56. The topological polar surface area (TPSA) is 78.5 Å². The molecule has 0 bridgehead atoms. The number of thiophene rings is 1. The highest BCUT2D eigenvalue weighted by Gasteiger charge is 2.29. The molecule has 1 fully saturated rings. The van der Waals surface area contributed by atoms with Crippen LogP contribution in [-0.4, -0.2) is 35.8 Å². The molecule has 0 spiro atoms. The van der Waals surface area contributed by atoms with E-state index < -0.39 is 11.9 Å². The van der Waals surface area contributed by atoms with E-state index in [2.05, 4.69) is 10.6 Å². The SMILES string of the molecule is O=C(CN1C(=O)CNC1=O)NCc1ccc(Cl)s1. The monoisotopic (exact) mass is 287 g/mol. The molecule has 1 aromatic rings. The van der Waals surface area contributed by atoms with Gasteiger partial charge in [-0.15, -0.1) is 11.3 Å². The summed E-state index contributed by atoms with van der Waals surface area (Å²) in [5.74, 6) is -0.778. The summed E-state index contributed by atoms with van der Waals surface area (Å²) in [5.41, 5.74) is 0. The van der Waals surface area contributed by atoms with Crippen molar-refractivity contribution >= 4 is 40.8 Å². The first kappa shape index (κ1) is 12.8. The van der Waals surface area contributed by atoms with E-state index in [0.717, 1.165) is 9.78 Å². The molecule has 0 unspecified atom stereocenters. The van der Waals surface area contributed by atoms with Crippen LogP contribution in [0.4, 0.5) is 4.79 Å². The number of imide groups is 1. The van der Waals surface area contributed by atoms with E-state index in [1.807, 2.05) is 0 Å². The van der Waals surface area contributed by atoms with Crippen molar-refractivity contribution in [1.29, 1.82) is 0 Å². The maximum absolute atomic E-state index is 11.6. The minimum atomic E-state index is -0.533. The summed E-state index contributed by atoms with van der Waals surface area (Å²) >= 11 is 7.12. The van der Waals surface area contributed by atoms with Gasteiger partial charge in [0, 0.05) is 4.88 Å². The Balaban J connectivity index is 1.82. The van der Waals surface area contributed by atoms with Gasteiger partial charge in [-0.25, -0.2) is 4.79 Å². The first-order valence-corrected chi connectivity index (χ1v) is 6.35. The third-order valence-electron chi connectivity index (χ3n) is 2.33. The van der Waals surface area contributed by atoms with Crippen molar-refractivity contribution < 1.29 is 14.4 Å². The van der Waals surface area contributed by atoms with Gasteiger partial charge in [0.2, 0.25) is 5.91 Å². The van der Waals surface area contributed by atoms with Crippen LogP contribution in [0.3, 0.4) is 0 Å². The van der Waals surface area contributed by atoms with Crippen LogP contribution in [0.1, 0.15) is 4.88 Å². The number of rotatable bonds is 4. The van der Waals surface area contributed by atoms with Gasteiger partial charge in [-0.3, -0.25) is 14.5 Å². The second kappa shape index (κ2) is 5.36. The Morgan fingerprint density at radius 3 is 2.83 bits per heavy atom. The Morgan fingerprint density at radius 1 is 1.50 bits per heavy atom. The minimum Gasteiger partial charge on any atom is -0.350 e. The van der Waals surface area contributed by atoms with Crippen LogP contribution in [0.2, 0.25) is 4.34 Å². The van der Waals surface area contributed by atoms with Gasteiger partial charge in [-0.05, 0) is 12.1 Å². The molecule has 2 heterocycles. The summed E-state index contributed by atoms with van der Waals surface area (Å²) in [6.07, 6.45) is 0. The van der Waals surface area contributed by atoms with Crippen LogP contribution in [-0.2, 0) is 16.1 Å². The van der Waals surface area contributed by atoms with Crippen LogP contribution in [0.25, 0.3) is 0 Å². The van der Waals surface area contributed by atoms with Gasteiger partial charge < -0.3 is 10.6 Å². The molecule has 2 rings (SSSR count). The number of nitrogens with one attached hydrogen (secondary N) is 2. The normalized spacial score (nSPS) is 14.8. The average Bonchev–Trinajstić information content (AvgIpc) is 2.87. The minimum absolute atomic E-state index is 0.0490. The Morgan fingerprint density at radius 2 is 2.28 bits per heavy atom. The maximum Gasteiger partial charge on any atom is 0.325 e. The Bertz CT molecular complexity index is 486. The molecule has 8 heteroatoms. The van der Waals surface area contributed by atoms with Crippen LogP contribution < -0.4 is 10.6 Å². The lowest BCUT2D eigenvalue weighted by molar-refractivity contribution is -0.130. The van der Waals surface area contributed by atoms with Crippen LogP contribution >= 0.6 is 22.9 Å². The van der Waals surface area contributed by atoms with Crippen molar-refractivity contribution in [2.45, 2.75) is 6.54 Å². The standard InChI is InChI=1S/C10H10ClN3O3S/c11-7-2-1-6(18-7)3-12-8(15)5-14-9(16)4-13-10(14)17/h1-2H,3-5H2,(H,12,15)(H,13,17). The Hall–Kier alpha value is -1.60. The molecule has 2 N–H and O–H groups in total. The fourth-order valence-electron chi connectivity index (χ4n) is 1.45. The number of hydrogen-bond donors (Lipinski definition) is 2. The fraction of sp³-hybridized carbons (Fsp3) is 0.300. The van der Waals surface area contributed by atoms with E-state index >= 15 is 0 Å². The predicted molar refractivity (Wildman–Crippen MR) is 66.3 cm³/mol. The number of carbonyl (C=O) groups is 3. The van der Waals surface area contributed by atoms with E-state index in [9.17, 15) is 14.4 Å². The van der Waals surface area contributed by atoms with Crippen LogP contribution in [0, 0.1) is 0 Å². The lowest BCUT2D eigenvalue weighted by Crippen LogP contribution is -2.40.